The normalized spacial score (nSPS) is 11.3. The lowest BCUT2D eigenvalue weighted by molar-refractivity contribution is 0.324. The maximum absolute atomic E-state index is 12.6. The first kappa shape index (κ1) is 15.0. The second-order valence-electron chi connectivity index (χ2n) is 4.05. The average molecular weight is 302 g/mol. The number of hydrogen-bond acceptors (Lipinski definition) is 5. The monoisotopic (exact) mass is 302 g/mol. The van der Waals surface area contributed by atoms with Gasteiger partial charge in [-0.05, 0) is 0 Å². The lowest BCUT2D eigenvalue weighted by atomic mass is 9.87. The van der Waals surface area contributed by atoms with E-state index in [1.807, 2.05) is 0 Å². The average Bonchev–Trinajstić information content (AvgIpc) is 2.95. The minimum absolute atomic E-state index is 0.307. The van der Waals surface area contributed by atoms with Crippen molar-refractivity contribution in [3.8, 4) is 22.9 Å². The van der Waals surface area contributed by atoms with Crippen LogP contribution in [0.2, 0.25) is 0 Å². The Morgan fingerprint density at radius 2 is 1.57 bits per heavy atom. The van der Waals surface area contributed by atoms with E-state index in [1.165, 1.54) is 33.5 Å². The summed E-state index contributed by atoms with van der Waals surface area (Å²) in [4.78, 5) is 0. The van der Waals surface area contributed by atoms with Crippen molar-refractivity contribution < 1.29 is 27.2 Å². The van der Waals surface area contributed by atoms with Crippen LogP contribution in [-0.4, -0.2) is 43.3 Å². The Morgan fingerprint density at radius 1 is 1.00 bits per heavy atom. The van der Waals surface area contributed by atoms with Crippen molar-refractivity contribution in [1.82, 2.24) is 15.0 Å². The summed E-state index contributed by atoms with van der Waals surface area (Å²) in [6.45, 7) is -5.20. The van der Waals surface area contributed by atoms with Crippen LogP contribution >= 0.6 is 0 Å². The van der Waals surface area contributed by atoms with Crippen LogP contribution in [0, 0.1) is 0 Å². The van der Waals surface area contributed by atoms with E-state index in [2.05, 4.69) is 10.3 Å². The van der Waals surface area contributed by atoms with Gasteiger partial charge in [0.15, 0.2) is 11.5 Å². The van der Waals surface area contributed by atoms with Gasteiger partial charge in [0.25, 0.3) is 0 Å². The van der Waals surface area contributed by atoms with E-state index < -0.39 is 12.6 Å². The molecule has 0 aliphatic heterocycles. The van der Waals surface area contributed by atoms with Crippen LogP contribution in [0.1, 0.15) is 0 Å². The Kier molecular flexibility index (Phi) is 3.96. The fourth-order valence-electron chi connectivity index (χ4n) is 1.75. The van der Waals surface area contributed by atoms with E-state index in [-0.39, 0.29) is 0 Å². The van der Waals surface area contributed by atoms with Crippen LogP contribution in [0.25, 0.3) is 5.69 Å². The molecule has 1 aromatic carbocycles. The molecule has 0 aliphatic rings. The van der Waals surface area contributed by atoms with Crippen LogP contribution < -0.4 is 19.8 Å². The summed E-state index contributed by atoms with van der Waals surface area (Å²) in [5.74, 6) is 0.951. The van der Waals surface area contributed by atoms with Crippen LogP contribution in [0.15, 0.2) is 18.3 Å². The largest absolute Gasteiger partial charge is 0.531 e. The Labute approximate surface area is 118 Å². The number of halogens is 3. The number of methoxy groups -OCH3 is 3. The summed E-state index contributed by atoms with van der Waals surface area (Å²) in [6.07, 6.45) is 0.806. The van der Waals surface area contributed by atoms with E-state index >= 15 is 0 Å². The Bertz CT molecular complexity index is 620. The quantitative estimate of drug-likeness (QED) is 0.780. The summed E-state index contributed by atoms with van der Waals surface area (Å²) in [5.41, 5.74) is -0.716. The maximum Gasteiger partial charge on any atom is 0.531 e. The zero-order valence-corrected chi connectivity index (χ0v) is 11.5. The van der Waals surface area contributed by atoms with E-state index in [1.54, 1.807) is 0 Å². The molecule has 0 radical (unpaired) electrons. The molecule has 0 N–H and O–H groups in total. The maximum atomic E-state index is 12.6. The lowest BCUT2D eigenvalue weighted by Crippen LogP contribution is -2.35. The molecule has 6 nitrogen and oxygen atoms in total. The molecule has 114 valence electrons. The summed E-state index contributed by atoms with van der Waals surface area (Å²) >= 11 is 0. The van der Waals surface area contributed by atoms with Gasteiger partial charge in [-0.2, -0.15) is 5.10 Å². The van der Waals surface area contributed by atoms with E-state index in [9.17, 15) is 12.9 Å². The van der Waals surface area contributed by atoms with Gasteiger partial charge < -0.3 is 27.2 Å². The van der Waals surface area contributed by atoms with Gasteiger partial charge in [0, 0.05) is 23.9 Å². The first-order valence-electron chi connectivity index (χ1n) is 5.83. The van der Waals surface area contributed by atoms with Gasteiger partial charge in [0.2, 0.25) is 5.75 Å². The fourth-order valence-corrected chi connectivity index (χ4v) is 1.75. The molecule has 1 aromatic heterocycles. The molecule has 1 heterocycles. The molecule has 2 rings (SSSR count). The minimum Gasteiger partial charge on any atom is -0.493 e. The number of benzene rings is 1. The second-order valence-corrected chi connectivity index (χ2v) is 4.05. The molecule has 0 bridgehead atoms. The highest BCUT2D eigenvalue weighted by Gasteiger charge is 2.29. The number of hydrogen-bond donors (Lipinski definition) is 0. The molecule has 0 atom stereocenters. The molecule has 2 aromatic rings. The molecule has 0 fully saturated rings. The van der Waals surface area contributed by atoms with Crippen LogP contribution in [0.4, 0.5) is 12.9 Å². The Morgan fingerprint density at radius 3 is 1.95 bits per heavy atom. The number of rotatable bonds is 5. The molecule has 0 amide bonds. The smallest absolute Gasteiger partial charge is 0.493 e. The zero-order chi connectivity index (χ0) is 15.6. The predicted molar refractivity (Wildman–Crippen MR) is 69.7 cm³/mol. The van der Waals surface area contributed by atoms with Gasteiger partial charge in [-0.15, -0.1) is 0 Å². The molecule has 10 heteroatoms. The first-order valence-corrected chi connectivity index (χ1v) is 5.83. The second kappa shape index (κ2) is 5.54. The summed E-state index contributed by atoms with van der Waals surface area (Å²) in [5, 5.41) is 6.59. The highest BCUT2D eigenvalue weighted by Crippen LogP contribution is 2.39. The predicted octanol–water partition coefficient (Wildman–Crippen LogP) is 1.35. The molecule has 0 aliphatic carbocycles. The van der Waals surface area contributed by atoms with Crippen molar-refractivity contribution in [1.29, 1.82) is 0 Å². The van der Waals surface area contributed by atoms with E-state index in [0.717, 1.165) is 10.9 Å². The zero-order valence-electron chi connectivity index (χ0n) is 11.5. The van der Waals surface area contributed by atoms with Crippen molar-refractivity contribution in [2.75, 3.05) is 21.3 Å². The van der Waals surface area contributed by atoms with Gasteiger partial charge in [-0.25, -0.2) is 4.68 Å². The van der Waals surface area contributed by atoms with Gasteiger partial charge >= 0.3 is 6.98 Å². The van der Waals surface area contributed by atoms with Crippen LogP contribution in [-0.2, 0) is 0 Å². The highest BCUT2D eigenvalue weighted by molar-refractivity contribution is 6.72. The van der Waals surface area contributed by atoms with E-state index in [0.29, 0.717) is 22.9 Å². The molecule has 0 saturated carbocycles. The van der Waals surface area contributed by atoms with Gasteiger partial charge in [-0.3, -0.25) is 0 Å². The van der Waals surface area contributed by atoms with E-state index in [4.69, 9.17) is 14.2 Å². The standard InChI is InChI=1S/C11H12BF3N3O3/c1-19-8-4-7(5-9(20-2)11(8)21-3)18-6-10(16-17-18)12(13,14)15/h4-6H,1-3H3/q-1. The van der Waals surface area contributed by atoms with Crippen molar-refractivity contribution in [3.05, 3.63) is 18.3 Å². The first-order chi connectivity index (χ1) is 9.90. The SMILES string of the molecule is COc1cc(-n2cc([B-](F)(F)F)nn2)cc(OC)c1OC. The summed E-state index contributed by atoms with van der Waals surface area (Å²) < 4.78 is 54.2. The topological polar surface area (TPSA) is 58.4 Å². The van der Waals surface area contributed by atoms with Crippen molar-refractivity contribution in [2.45, 2.75) is 0 Å². The third kappa shape index (κ3) is 2.88. The molecule has 0 saturated heterocycles. The lowest BCUT2D eigenvalue weighted by Gasteiger charge is -2.14. The number of ether oxygens (including phenoxy) is 3. The summed E-state index contributed by atoms with van der Waals surface area (Å²) in [7, 11) is 4.25. The third-order valence-electron chi connectivity index (χ3n) is 2.76. The van der Waals surface area contributed by atoms with Crippen LogP contribution in [0.3, 0.4) is 0 Å². The Hall–Kier alpha value is -2.39. The van der Waals surface area contributed by atoms with Gasteiger partial charge in [0.1, 0.15) is 0 Å². The number of aromatic nitrogens is 3. The van der Waals surface area contributed by atoms with Gasteiger partial charge in [-0.1, -0.05) is 5.21 Å². The minimum atomic E-state index is -5.20. The third-order valence-corrected chi connectivity index (χ3v) is 2.76. The van der Waals surface area contributed by atoms with Crippen LogP contribution in [0.5, 0.6) is 17.2 Å². The number of nitrogens with zero attached hydrogens (tertiary/aromatic N) is 3. The van der Waals surface area contributed by atoms with Crippen molar-refractivity contribution >= 4 is 12.6 Å². The molecular weight excluding hydrogens is 290 g/mol. The highest BCUT2D eigenvalue weighted by atomic mass is 19.4. The Balaban J connectivity index is 2.51. The van der Waals surface area contributed by atoms with Crippen molar-refractivity contribution in [2.24, 2.45) is 0 Å². The molecule has 0 spiro atoms. The van der Waals surface area contributed by atoms with Crippen molar-refractivity contribution in [3.63, 3.8) is 0 Å². The van der Waals surface area contributed by atoms with Gasteiger partial charge in [0.05, 0.1) is 27.0 Å². The molecular formula is C11H12BF3N3O3-. The summed E-state index contributed by atoms with van der Waals surface area (Å²) in [6, 6.07) is 2.95. The fraction of sp³-hybridized carbons (Fsp3) is 0.273. The molecule has 21 heavy (non-hydrogen) atoms. The molecule has 0 unspecified atom stereocenters.